The van der Waals surface area contributed by atoms with E-state index in [2.05, 4.69) is 34.8 Å². The van der Waals surface area contributed by atoms with Crippen molar-refractivity contribution in [1.82, 2.24) is 4.98 Å². The molecule has 1 aliphatic rings. The summed E-state index contributed by atoms with van der Waals surface area (Å²) in [5, 5.41) is 2.38. The second-order valence-electron chi connectivity index (χ2n) is 3.79. The summed E-state index contributed by atoms with van der Waals surface area (Å²) in [7, 11) is 0. The smallest absolute Gasteiger partial charge is 0.0642 e. The Morgan fingerprint density at radius 1 is 1.44 bits per heavy atom. The molecule has 1 aliphatic heterocycles. The molecule has 0 atom stereocenters. The molecule has 1 saturated heterocycles. The Balaban J connectivity index is 2.44. The summed E-state index contributed by atoms with van der Waals surface area (Å²) in [4.78, 5) is 5.64. The van der Waals surface area contributed by atoms with Crippen LogP contribution in [0, 0.1) is 0 Å². The lowest BCUT2D eigenvalue weighted by Crippen LogP contribution is -2.39. The van der Waals surface area contributed by atoms with Crippen LogP contribution in [0.15, 0.2) is 18.9 Å². The van der Waals surface area contributed by atoms with Crippen LogP contribution in [0.1, 0.15) is 6.92 Å². The van der Waals surface area contributed by atoms with E-state index in [4.69, 9.17) is 4.74 Å². The Morgan fingerprint density at radius 3 is 2.81 bits per heavy atom. The Bertz CT molecular complexity index is 467. The van der Waals surface area contributed by atoms with Crippen LogP contribution >= 0.6 is 0 Å². The van der Waals surface area contributed by atoms with Crippen molar-refractivity contribution in [3.8, 4) is 0 Å². The number of hydrogen-bond donors (Lipinski definition) is 1. The molecule has 1 fully saturated rings. The molecule has 0 aromatic carbocycles. The van der Waals surface area contributed by atoms with Gasteiger partial charge in [-0.25, -0.2) is 0 Å². The highest BCUT2D eigenvalue weighted by Crippen LogP contribution is 2.07. The van der Waals surface area contributed by atoms with E-state index < -0.39 is 0 Å². The molecule has 0 amide bonds. The fraction of sp³-hybridized carbons (Fsp3) is 0.385. The number of nitrogens with zero attached hydrogens (tertiary/aromatic N) is 1. The van der Waals surface area contributed by atoms with Crippen LogP contribution in [0.2, 0.25) is 0 Å². The molecule has 86 valence electrons. The Kier molecular flexibility index (Phi) is 3.47. The first-order valence-corrected chi connectivity index (χ1v) is 5.66. The van der Waals surface area contributed by atoms with Crippen LogP contribution in [-0.4, -0.2) is 31.3 Å². The molecular formula is C13H18N2O. The molecule has 16 heavy (non-hydrogen) atoms. The number of H-pyrrole nitrogens is 1. The topological polar surface area (TPSA) is 28.3 Å². The van der Waals surface area contributed by atoms with Crippen molar-refractivity contribution in [2.45, 2.75) is 6.92 Å². The predicted molar refractivity (Wildman–Crippen MR) is 67.9 cm³/mol. The van der Waals surface area contributed by atoms with E-state index in [1.54, 1.807) is 0 Å². The van der Waals surface area contributed by atoms with Gasteiger partial charge in [0.2, 0.25) is 0 Å². The largest absolute Gasteiger partial charge is 0.378 e. The zero-order valence-electron chi connectivity index (χ0n) is 9.70. The van der Waals surface area contributed by atoms with Gasteiger partial charge in [0.1, 0.15) is 0 Å². The number of ether oxygens (including phenoxy) is 1. The van der Waals surface area contributed by atoms with E-state index >= 15 is 0 Å². The summed E-state index contributed by atoms with van der Waals surface area (Å²) in [5.41, 5.74) is 1.25. The van der Waals surface area contributed by atoms with Crippen molar-refractivity contribution in [1.29, 1.82) is 0 Å². The molecule has 2 heterocycles. The first kappa shape index (κ1) is 11.0. The van der Waals surface area contributed by atoms with Gasteiger partial charge in [-0.3, -0.25) is 0 Å². The molecule has 1 N–H and O–H groups in total. The summed E-state index contributed by atoms with van der Waals surface area (Å²) in [6.07, 6.45) is 8.03. The first-order valence-electron chi connectivity index (χ1n) is 5.66. The van der Waals surface area contributed by atoms with Gasteiger partial charge in [0.25, 0.3) is 0 Å². The summed E-state index contributed by atoms with van der Waals surface area (Å²) in [6.45, 7) is 9.34. The summed E-state index contributed by atoms with van der Waals surface area (Å²) in [6, 6.07) is 0. The Labute approximate surface area is 95.7 Å². The molecule has 3 heteroatoms. The van der Waals surface area contributed by atoms with Crippen LogP contribution in [0.3, 0.4) is 0 Å². The van der Waals surface area contributed by atoms with E-state index in [1.165, 1.54) is 10.9 Å². The van der Waals surface area contributed by atoms with Gasteiger partial charge in [0.05, 0.1) is 18.9 Å². The van der Waals surface area contributed by atoms with Crippen molar-refractivity contribution in [2.75, 3.05) is 31.2 Å². The maximum Gasteiger partial charge on any atom is 0.0642 e. The molecule has 0 spiro atoms. The third-order valence-electron chi connectivity index (χ3n) is 2.86. The van der Waals surface area contributed by atoms with Crippen LogP contribution in [0.5, 0.6) is 0 Å². The summed E-state index contributed by atoms with van der Waals surface area (Å²) in [5.74, 6) is 0. The van der Waals surface area contributed by atoms with Gasteiger partial charge in [-0.05, 0) is 6.92 Å². The number of anilines is 1. The molecule has 0 bridgehead atoms. The lowest BCUT2D eigenvalue weighted by Gasteiger charge is -2.27. The Morgan fingerprint density at radius 2 is 2.19 bits per heavy atom. The number of allylic oxidation sites excluding steroid dienone is 1. The number of aromatic nitrogens is 1. The minimum atomic E-state index is 0.809. The standard InChI is InChI=1S/C13H18N2O/c1-3-5-11-12(4-2)14-10-13(11)15-6-8-16-9-7-15/h3-5,10,14H,1,6-9H2,2H3/b11-5+,12-4+. The van der Waals surface area contributed by atoms with Crippen molar-refractivity contribution >= 4 is 17.8 Å². The quantitative estimate of drug-likeness (QED) is 0.788. The normalized spacial score (nSPS) is 19.2. The maximum absolute atomic E-state index is 5.36. The first-order chi connectivity index (χ1) is 7.86. The number of rotatable bonds is 2. The lowest BCUT2D eigenvalue weighted by molar-refractivity contribution is 0.122. The molecule has 1 aromatic rings. The number of hydrogen-bond acceptors (Lipinski definition) is 2. The monoisotopic (exact) mass is 218 g/mol. The number of morpholine rings is 1. The summed E-state index contributed by atoms with van der Waals surface area (Å²) < 4.78 is 5.36. The van der Waals surface area contributed by atoms with Crippen LogP contribution < -0.4 is 15.5 Å². The van der Waals surface area contributed by atoms with Crippen molar-refractivity contribution in [2.24, 2.45) is 0 Å². The molecule has 1 aromatic heterocycles. The summed E-state index contributed by atoms with van der Waals surface area (Å²) >= 11 is 0. The predicted octanol–water partition coefficient (Wildman–Crippen LogP) is 0.618. The molecule has 0 aliphatic carbocycles. The molecule has 3 nitrogen and oxygen atoms in total. The molecule has 2 rings (SSSR count). The fourth-order valence-corrected chi connectivity index (χ4v) is 2.04. The molecule has 0 radical (unpaired) electrons. The average molecular weight is 218 g/mol. The van der Waals surface area contributed by atoms with Gasteiger partial charge < -0.3 is 14.6 Å². The lowest BCUT2D eigenvalue weighted by atomic mass is 10.3. The zero-order valence-corrected chi connectivity index (χ0v) is 9.70. The van der Waals surface area contributed by atoms with Crippen LogP contribution in [0.25, 0.3) is 12.2 Å². The molecular weight excluding hydrogens is 200 g/mol. The van der Waals surface area contributed by atoms with Crippen molar-refractivity contribution < 1.29 is 4.74 Å². The maximum atomic E-state index is 5.36. The minimum absolute atomic E-state index is 0.809. The minimum Gasteiger partial charge on any atom is -0.378 e. The van der Waals surface area contributed by atoms with Gasteiger partial charge in [-0.1, -0.05) is 24.8 Å². The van der Waals surface area contributed by atoms with Crippen LogP contribution in [-0.2, 0) is 4.74 Å². The highest BCUT2D eigenvalue weighted by atomic mass is 16.5. The SMILES string of the molecule is C=C/C=c1/c(N2CCOCC2)c[nH]/c1=C/C. The highest BCUT2D eigenvalue weighted by Gasteiger charge is 2.12. The zero-order chi connectivity index (χ0) is 11.4. The fourth-order valence-electron chi connectivity index (χ4n) is 2.04. The van der Waals surface area contributed by atoms with Gasteiger partial charge in [-0.2, -0.15) is 0 Å². The van der Waals surface area contributed by atoms with E-state index in [9.17, 15) is 0 Å². The van der Waals surface area contributed by atoms with Gasteiger partial charge >= 0.3 is 0 Å². The van der Waals surface area contributed by atoms with Gasteiger partial charge in [0.15, 0.2) is 0 Å². The van der Waals surface area contributed by atoms with E-state index in [-0.39, 0.29) is 0 Å². The number of aromatic amines is 1. The van der Waals surface area contributed by atoms with Gasteiger partial charge in [-0.15, -0.1) is 0 Å². The Hall–Kier alpha value is -1.48. The van der Waals surface area contributed by atoms with E-state index in [0.29, 0.717) is 0 Å². The second kappa shape index (κ2) is 5.03. The van der Waals surface area contributed by atoms with Crippen molar-refractivity contribution in [3.05, 3.63) is 29.4 Å². The average Bonchev–Trinajstić information content (AvgIpc) is 2.74. The van der Waals surface area contributed by atoms with Crippen LogP contribution in [0.4, 0.5) is 5.69 Å². The second-order valence-corrected chi connectivity index (χ2v) is 3.79. The van der Waals surface area contributed by atoms with E-state index in [0.717, 1.165) is 31.7 Å². The number of nitrogens with one attached hydrogen (secondary N) is 1. The molecule has 0 saturated carbocycles. The third kappa shape index (κ3) is 2.04. The van der Waals surface area contributed by atoms with E-state index in [1.807, 2.05) is 13.0 Å². The van der Waals surface area contributed by atoms with Gasteiger partial charge in [0, 0.05) is 29.9 Å². The van der Waals surface area contributed by atoms with Crippen molar-refractivity contribution in [3.63, 3.8) is 0 Å². The highest BCUT2D eigenvalue weighted by molar-refractivity contribution is 5.54. The molecule has 0 unspecified atom stereocenters. The third-order valence-corrected chi connectivity index (χ3v) is 2.86.